The number of para-hydroxylation sites is 1. The van der Waals surface area contributed by atoms with Crippen molar-refractivity contribution in [3.8, 4) is 5.75 Å². The van der Waals surface area contributed by atoms with Crippen LogP contribution in [0.2, 0.25) is 0 Å². The van der Waals surface area contributed by atoms with Gasteiger partial charge in [0, 0.05) is 42.0 Å². The first-order valence-electron chi connectivity index (χ1n) is 10.0. The van der Waals surface area contributed by atoms with Crippen LogP contribution in [0.4, 0.5) is 0 Å². The average Bonchev–Trinajstić information content (AvgIpc) is 2.92. The molecule has 4 nitrogen and oxygen atoms in total. The van der Waals surface area contributed by atoms with Crippen molar-refractivity contribution in [2.45, 2.75) is 41.2 Å². The molecule has 4 heteroatoms. The predicted octanol–water partition coefficient (Wildman–Crippen LogP) is 5.48. The Morgan fingerprint density at radius 3 is 2.17 bits per heavy atom. The maximum absolute atomic E-state index is 13.4. The van der Waals surface area contributed by atoms with E-state index in [1.54, 1.807) is 12.1 Å². The largest absolute Gasteiger partial charge is 0.427 e. The molecule has 150 valence electrons. The summed E-state index contributed by atoms with van der Waals surface area (Å²) in [5, 5.41) is 1.01. The number of ketones is 1. The summed E-state index contributed by atoms with van der Waals surface area (Å²) >= 11 is 0. The highest BCUT2D eigenvalue weighted by molar-refractivity contribution is 6.11. The van der Waals surface area contributed by atoms with Crippen molar-refractivity contribution in [1.29, 1.82) is 0 Å². The van der Waals surface area contributed by atoms with Crippen molar-refractivity contribution in [3.05, 3.63) is 65.9 Å². The molecule has 2 aromatic carbocycles. The van der Waals surface area contributed by atoms with Crippen LogP contribution in [0.15, 0.2) is 54.7 Å². The van der Waals surface area contributed by atoms with Gasteiger partial charge in [0.15, 0.2) is 5.78 Å². The molecule has 0 saturated heterocycles. The van der Waals surface area contributed by atoms with Crippen LogP contribution < -0.4 is 4.74 Å². The Balaban J connectivity index is 1.66. The summed E-state index contributed by atoms with van der Waals surface area (Å²) in [5.41, 5.74) is 2.96. The maximum atomic E-state index is 13.4. The second kappa shape index (κ2) is 6.58. The lowest BCUT2D eigenvalue weighted by Crippen LogP contribution is -2.07. The fourth-order valence-corrected chi connectivity index (χ4v) is 4.61. The van der Waals surface area contributed by atoms with E-state index in [4.69, 9.17) is 4.74 Å². The number of aromatic nitrogens is 1. The fraction of sp³-hybridized carbons (Fsp3) is 0.360. The van der Waals surface area contributed by atoms with Gasteiger partial charge in [0.2, 0.25) is 0 Å². The summed E-state index contributed by atoms with van der Waals surface area (Å²) in [6, 6.07) is 15.6. The van der Waals surface area contributed by atoms with Gasteiger partial charge in [-0.05, 0) is 34.6 Å². The molecule has 1 saturated carbocycles. The Morgan fingerprint density at radius 1 is 0.966 bits per heavy atom. The molecule has 0 amide bonds. The second-order valence-electron chi connectivity index (χ2n) is 9.17. The zero-order valence-electron chi connectivity index (χ0n) is 17.7. The van der Waals surface area contributed by atoms with Crippen LogP contribution in [0.1, 0.15) is 50.5 Å². The molecule has 29 heavy (non-hydrogen) atoms. The Kier molecular flexibility index (Phi) is 4.41. The summed E-state index contributed by atoms with van der Waals surface area (Å²) in [6.45, 7) is 10.8. The van der Waals surface area contributed by atoms with Crippen molar-refractivity contribution in [1.82, 2.24) is 4.57 Å². The molecule has 0 N–H and O–H groups in total. The molecule has 1 fully saturated rings. The highest BCUT2D eigenvalue weighted by Gasteiger charge is 2.68. The number of carbonyl (C=O) groups is 2. The van der Waals surface area contributed by atoms with Gasteiger partial charge >= 0.3 is 5.97 Å². The van der Waals surface area contributed by atoms with E-state index in [2.05, 4.69) is 38.3 Å². The van der Waals surface area contributed by atoms with E-state index in [-0.39, 0.29) is 28.5 Å². The number of ether oxygens (including phenoxy) is 1. The van der Waals surface area contributed by atoms with Crippen molar-refractivity contribution in [3.63, 3.8) is 0 Å². The molecule has 1 aliphatic rings. The summed E-state index contributed by atoms with van der Waals surface area (Å²) in [7, 11) is 0. The molecule has 4 rings (SSSR count). The molecule has 1 aromatic heterocycles. The average molecular weight is 389 g/mol. The van der Waals surface area contributed by atoms with Crippen LogP contribution in [0.5, 0.6) is 5.75 Å². The van der Waals surface area contributed by atoms with Crippen LogP contribution in [0.25, 0.3) is 10.9 Å². The normalized spacial score (nSPS) is 17.3. The summed E-state index contributed by atoms with van der Waals surface area (Å²) in [5.74, 6) is 0.480. The quantitative estimate of drug-likeness (QED) is 0.330. The molecule has 0 unspecified atom stereocenters. The predicted molar refractivity (Wildman–Crippen MR) is 114 cm³/mol. The highest BCUT2D eigenvalue weighted by atomic mass is 16.5. The van der Waals surface area contributed by atoms with E-state index in [0.717, 1.165) is 22.0 Å². The zero-order chi connectivity index (χ0) is 21.0. The number of benzene rings is 2. The maximum Gasteiger partial charge on any atom is 0.308 e. The van der Waals surface area contributed by atoms with E-state index < -0.39 is 0 Å². The molecule has 0 aliphatic heterocycles. The second-order valence-corrected chi connectivity index (χ2v) is 9.17. The monoisotopic (exact) mass is 389 g/mol. The number of hydrogen-bond donors (Lipinski definition) is 0. The Bertz CT molecular complexity index is 1090. The van der Waals surface area contributed by atoms with Gasteiger partial charge in [-0.2, -0.15) is 0 Å². The number of esters is 1. The topological polar surface area (TPSA) is 48.3 Å². The Hall–Kier alpha value is -2.88. The standard InChI is InChI=1S/C25H27NO3/c1-16(27)29-18-12-10-17(11-13-18)14-26-15-20(19-8-6-7-9-21(19)26)22(28)23-24(2,3)25(23,4)5/h6-13,15,23H,14H2,1-5H3. The smallest absolute Gasteiger partial charge is 0.308 e. The first kappa shape index (κ1) is 19.4. The van der Waals surface area contributed by atoms with Crippen LogP contribution in [-0.4, -0.2) is 16.3 Å². The molecular weight excluding hydrogens is 362 g/mol. The van der Waals surface area contributed by atoms with Crippen molar-refractivity contribution in [2.24, 2.45) is 16.7 Å². The van der Waals surface area contributed by atoms with Gasteiger partial charge in [-0.1, -0.05) is 58.0 Å². The highest BCUT2D eigenvalue weighted by Crippen LogP contribution is 2.69. The van der Waals surface area contributed by atoms with Gasteiger partial charge in [-0.3, -0.25) is 9.59 Å². The molecule has 0 atom stereocenters. The van der Waals surface area contributed by atoms with Crippen LogP contribution in [0.3, 0.4) is 0 Å². The summed E-state index contributed by atoms with van der Waals surface area (Å²) < 4.78 is 7.24. The molecule has 0 bridgehead atoms. The number of nitrogens with zero attached hydrogens (tertiary/aromatic N) is 1. The lowest BCUT2D eigenvalue weighted by Gasteiger charge is -2.07. The van der Waals surface area contributed by atoms with Crippen LogP contribution >= 0.6 is 0 Å². The van der Waals surface area contributed by atoms with Crippen molar-refractivity contribution >= 4 is 22.7 Å². The van der Waals surface area contributed by atoms with Crippen LogP contribution in [0, 0.1) is 16.7 Å². The van der Waals surface area contributed by atoms with Gasteiger partial charge in [0.1, 0.15) is 5.75 Å². The Morgan fingerprint density at radius 2 is 1.59 bits per heavy atom. The Labute approximate surface area is 171 Å². The molecular formula is C25H27NO3. The lowest BCUT2D eigenvalue weighted by atomic mass is 10.0. The number of Topliss-reactive ketones (excluding diaryl/α,β-unsaturated/α-hetero) is 1. The van der Waals surface area contributed by atoms with E-state index in [1.165, 1.54) is 6.92 Å². The van der Waals surface area contributed by atoms with Gasteiger partial charge in [0.25, 0.3) is 0 Å². The van der Waals surface area contributed by atoms with E-state index in [9.17, 15) is 9.59 Å². The fourth-order valence-electron chi connectivity index (χ4n) is 4.61. The SMILES string of the molecule is CC(=O)Oc1ccc(Cn2cc(C(=O)C3C(C)(C)C3(C)C)c3ccccc32)cc1. The van der Waals surface area contributed by atoms with Gasteiger partial charge in [-0.15, -0.1) is 0 Å². The molecule has 0 radical (unpaired) electrons. The number of rotatable bonds is 5. The minimum atomic E-state index is -0.330. The molecule has 1 aliphatic carbocycles. The van der Waals surface area contributed by atoms with E-state index in [1.807, 2.05) is 36.5 Å². The van der Waals surface area contributed by atoms with Gasteiger partial charge in [0.05, 0.1) is 0 Å². The van der Waals surface area contributed by atoms with Crippen LogP contribution in [-0.2, 0) is 11.3 Å². The number of carbonyl (C=O) groups excluding carboxylic acids is 2. The van der Waals surface area contributed by atoms with E-state index >= 15 is 0 Å². The first-order valence-corrected chi connectivity index (χ1v) is 10.0. The zero-order valence-corrected chi connectivity index (χ0v) is 17.7. The molecule has 1 heterocycles. The third-order valence-electron chi connectivity index (χ3n) is 6.87. The van der Waals surface area contributed by atoms with Crippen molar-refractivity contribution < 1.29 is 14.3 Å². The van der Waals surface area contributed by atoms with Gasteiger partial charge in [-0.25, -0.2) is 0 Å². The van der Waals surface area contributed by atoms with Crippen molar-refractivity contribution in [2.75, 3.05) is 0 Å². The first-order chi connectivity index (χ1) is 13.6. The third kappa shape index (κ3) is 3.17. The third-order valence-corrected chi connectivity index (χ3v) is 6.87. The summed E-state index contributed by atoms with van der Waals surface area (Å²) in [6.07, 6.45) is 2.00. The molecule has 3 aromatic rings. The minimum Gasteiger partial charge on any atom is -0.427 e. The number of hydrogen-bond acceptors (Lipinski definition) is 3. The lowest BCUT2D eigenvalue weighted by molar-refractivity contribution is -0.131. The minimum absolute atomic E-state index is 0.0137. The molecule has 0 spiro atoms. The van der Waals surface area contributed by atoms with E-state index in [0.29, 0.717) is 12.3 Å². The number of fused-ring (bicyclic) bond motifs is 1. The summed E-state index contributed by atoms with van der Waals surface area (Å²) in [4.78, 5) is 24.5. The van der Waals surface area contributed by atoms with Gasteiger partial charge < -0.3 is 9.30 Å².